The lowest BCUT2D eigenvalue weighted by Gasteiger charge is -2.08. The molecule has 170 valence electrons. The number of rotatable bonds is 6. The van der Waals surface area contributed by atoms with Crippen LogP contribution in [-0.4, -0.2) is 31.5 Å². The fourth-order valence-corrected chi connectivity index (χ4v) is 3.98. The molecule has 10 heteroatoms. The van der Waals surface area contributed by atoms with Crippen LogP contribution in [0.15, 0.2) is 64.6 Å². The summed E-state index contributed by atoms with van der Waals surface area (Å²) in [5.41, 5.74) is 2.34. The van der Waals surface area contributed by atoms with Gasteiger partial charge in [0.05, 0.1) is 20.5 Å². The summed E-state index contributed by atoms with van der Waals surface area (Å²) in [6.45, 7) is 0. The topological polar surface area (TPSA) is 70.8 Å². The van der Waals surface area contributed by atoms with Gasteiger partial charge in [-0.25, -0.2) is 9.78 Å². The summed E-state index contributed by atoms with van der Waals surface area (Å²) < 4.78 is 56.8. The van der Waals surface area contributed by atoms with Crippen molar-refractivity contribution in [1.82, 2.24) is 4.98 Å². The second-order valence-electron chi connectivity index (χ2n) is 6.70. The fourth-order valence-electron chi connectivity index (χ4n) is 3.17. The van der Waals surface area contributed by atoms with E-state index in [2.05, 4.69) is 9.72 Å². The zero-order valence-corrected chi connectivity index (χ0v) is 18.1. The van der Waals surface area contributed by atoms with E-state index in [1.54, 1.807) is 23.6 Å². The number of methoxy groups -OCH3 is 2. The van der Waals surface area contributed by atoms with Gasteiger partial charge in [-0.1, -0.05) is 18.2 Å². The Morgan fingerprint density at radius 2 is 1.88 bits per heavy atom. The van der Waals surface area contributed by atoms with Crippen LogP contribution in [0.1, 0.15) is 5.56 Å². The highest BCUT2D eigenvalue weighted by atomic mass is 32.1. The molecule has 33 heavy (non-hydrogen) atoms. The molecule has 0 amide bonds. The lowest BCUT2D eigenvalue weighted by atomic mass is 10.0. The van der Waals surface area contributed by atoms with Crippen LogP contribution in [0, 0.1) is 0 Å². The third-order valence-electron chi connectivity index (χ3n) is 4.57. The van der Waals surface area contributed by atoms with E-state index in [0.717, 1.165) is 5.39 Å². The molecular formula is C23H16F3NO5S. The SMILES string of the molecule is CO/C=C(/C(=O)OC)c1cccc2cc(-c3csc(-c4ccc(OC(F)(F)F)cc4)n3)oc12. The average Bonchev–Trinajstić information content (AvgIpc) is 3.43. The Morgan fingerprint density at radius 1 is 1.12 bits per heavy atom. The number of para-hydroxylation sites is 1. The molecule has 4 rings (SSSR count). The van der Waals surface area contributed by atoms with E-state index >= 15 is 0 Å². The fraction of sp³-hybridized carbons (Fsp3) is 0.130. The number of ether oxygens (including phenoxy) is 3. The number of fused-ring (bicyclic) bond motifs is 1. The minimum atomic E-state index is -4.75. The predicted molar refractivity (Wildman–Crippen MR) is 116 cm³/mol. The smallest absolute Gasteiger partial charge is 0.503 e. The summed E-state index contributed by atoms with van der Waals surface area (Å²) >= 11 is 1.31. The second-order valence-corrected chi connectivity index (χ2v) is 7.56. The maximum absolute atomic E-state index is 12.4. The van der Waals surface area contributed by atoms with Gasteiger partial charge in [-0.2, -0.15) is 0 Å². The molecule has 0 atom stereocenters. The van der Waals surface area contributed by atoms with Crippen LogP contribution in [0.3, 0.4) is 0 Å². The summed E-state index contributed by atoms with van der Waals surface area (Å²) in [5, 5.41) is 3.12. The molecule has 2 heterocycles. The van der Waals surface area contributed by atoms with Crippen LogP contribution in [-0.2, 0) is 14.3 Å². The van der Waals surface area contributed by atoms with Crippen molar-refractivity contribution in [2.75, 3.05) is 14.2 Å². The van der Waals surface area contributed by atoms with E-state index in [1.807, 2.05) is 6.07 Å². The number of alkyl halides is 3. The first-order valence-corrected chi connectivity index (χ1v) is 10.3. The molecule has 4 aromatic rings. The van der Waals surface area contributed by atoms with Gasteiger partial charge in [0.25, 0.3) is 0 Å². The normalized spacial score (nSPS) is 12.1. The van der Waals surface area contributed by atoms with E-state index in [4.69, 9.17) is 13.9 Å². The highest BCUT2D eigenvalue weighted by molar-refractivity contribution is 7.13. The van der Waals surface area contributed by atoms with Crippen LogP contribution in [0.25, 0.3) is 38.6 Å². The lowest BCUT2D eigenvalue weighted by Crippen LogP contribution is -2.16. The number of carbonyl (C=O) groups excluding carboxylic acids is 1. The van der Waals surface area contributed by atoms with Crippen molar-refractivity contribution in [3.05, 3.63) is 65.7 Å². The van der Waals surface area contributed by atoms with Crippen molar-refractivity contribution in [2.24, 2.45) is 0 Å². The van der Waals surface area contributed by atoms with Crippen molar-refractivity contribution < 1.29 is 36.6 Å². The molecule has 2 aromatic heterocycles. The van der Waals surface area contributed by atoms with Gasteiger partial charge in [0.1, 0.15) is 27.6 Å². The number of thiazole rings is 1. The quantitative estimate of drug-likeness (QED) is 0.186. The summed E-state index contributed by atoms with van der Waals surface area (Å²) in [4.78, 5) is 16.7. The molecule has 0 spiro atoms. The molecule has 6 nitrogen and oxygen atoms in total. The monoisotopic (exact) mass is 475 g/mol. The van der Waals surface area contributed by atoms with E-state index in [0.29, 0.717) is 33.2 Å². The standard InChI is InChI=1S/C23H16F3NO5S/c1-29-11-17(22(28)30-2)16-5-3-4-14-10-19(31-20(14)16)18-12-33-21(27-18)13-6-8-15(9-7-13)32-23(24,25)26/h3-12H,1-2H3/b17-11+. The molecule has 0 aliphatic rings. The van der Waals surface area contributed by atoms with Gasteiger partial charge in [-0.3, -0.25) is 0 Å². The average molecular weight is 475 g/mol. The molecule has 0 aliphatic carbocycles. The maximum atomic E-state index is 12.4. The van der Waals surface area contributed by atoms with Crippen LogP contribution in [0.5, 0.6) is 5.75 Å². The van der Waals surface area contributed by atoms with Crippen LogP contribution in [0.2, 0.25) is 0 Å². The molecule has 0 fully saturated rings. The number of esters is 1. The molecule has 0 saturated carbocycles. The second kappa shape index (κ2) is 8.99. The molecule has 0 saturated heterocycles. The Hall–Kier alpha value is -3.79. The Bertz CT molecular complexity index is 1320. The maximum Gasteiger partial charge on any atom is 0.573 e. The van der Waals surface area contributed by atoms with Crippen LogP contribution < -0.4 is 4.74 Å². The molecule has 0 radical (unpaired) electrons. The van der Waals surface area contributed by atoms with Gasteiger partial charge in [-0.05, 0) is 30.3 Å². The van der Waals surface area contributed by atoms with Crippen LogP contribution >= 0.6 is 11.3 Å². The number of hydrogen-bond acceptors (Lipinski definition) is 7. The third kappa shape index (κ3) is 4.85. The number of benzene rings is 2. The van der Waals surface area contributed by atoms with Crippen molar-refractivity contribution in [3.8, 4) is 27.8 Å². The molecule has 2 aromatic carbocycles. The molecular weight excluding hydrogens is 459 g/mol. The summed E-state index contributed by atoms with van der Waals surface area (Å²) in [6, 6.07) is 12.6. The third-order valence-corrected chi connectivity index (χ3v) is 5.46. The first-order chi connectivity index (χ1) is 15.8. The summed E-state index contributed by atoms with van der Waals surface area (Å²) in [6.07, 6.45) is -3.46. The molecule has 0 N–H and O–H groups in total. The summed E-state index contributed by atoms with van der Waals surface area (Å²) in [5.74, 6) is -0.409. The van der Waals surface area contributed by atoms with Gasteiger partial charge < -0.3 is 18.6 Å². The first kappa shape index (κ1) is 22.4. The van der Waals surface area contributed by atoms with Crippen molar-refractivity contribution >= 4 is 33.8 Å². The van der Waals surface area contributed by atoms with E-state index < -0.39 is 12.3 Å². The van der Waals surface area contributed by atoms with Crippen molar-refractivity contribution in [3.63, 3.8) is 0 Å². The zero-order chi connectivity index (χ0) is 23.6. The van der Waals surface area contributed by atoms with Crippen molar-refractivity contribution in [1.29, 1.82) is 0 Å². The highest BCUT2D eigenvalue weighted by Crippen LogP contribution is 2.36. The first-order valence-electron chi connectivity index (χ1n) is 9.45. The Balaban J connectivity index is 1.66. The highest BCUT2D eigenvalue weighted by Gasteiger charge is 2.31. The predicted octanol–water partition coefficient (Wildman–Crippen LogP) is 6.28. The lowest BCUT2D eigenvalue weighted by molar-refractivity contribution is -0.274. The molecule has 0 bridgehead atoms. The molecule has 0 aliphatic heterocycles. The summed E-state index contributed by atoms with van der Waals surface area (Å²) in [7, 11) is 2.70. The van der Waals surface area contributed by atoms with Gasteiger partial charge >= 0.3 is 12.3 Å². The van der Waals surface area contributed by atoms with E-state index in [-0.39, 0.29) is 11.3 Å². The minimum absolute atomic E-state index is 0.201. The number of furan rings is 1. The number of halogens is 3. The Kier molecular flexibility index (Phi) is 6.10. The zero-order valence-electron chi connectivity index (χ0n) is 17.3. The Labute approximate surface area is 189 Å². The van der Waals surface area contributed by atoms with Crippen molar-refractivity contribution in [2.45, 2.75) is 6.36 Å². The molecule has 0 unspecified atom stereocenters. The minimum Gasteiger partial charge on any atom is -0.503 e. The van der Waals surface area contributed by atoms with Gasteiger partial charge in [-0.15, -0.1) is 24.5 Å². The number of aromatic nitrogens is 1. The number of carbonyl (C=O) groups is 1. The largest absolute Gasteiger partial charge is 0.573 e. The van der Waals surface area contributed by atoms with Crippen LogP contribution in [0.4, 0.5) is 13.2 Å². The van der Waals surface area contributed by atoms with E-state index in [9.17, 15) is 18.0 Å². The number of hydrogen-bond donors (Lipinski definition) is 0. The van der Waals surface area contributed by atoms with Gasteiger partial charge in [0.2, 0.25) is 0 Å². The van der Waals surface area contributed by atoms with Gasteiger partial charge in [0.15, 0.2) is 5.76 Å². The Morgan fingerprint density at radius 3 is 2.55 bits per heavy atom. The number of nitrogens with zero attached hydrogens (tertiary/aromatic N) is 1. The van der Waals surface area contributed by atoms with E-state index in [1.165, 1.54) is 56.1 Å². The van der Waals surface area contributed by atoms with Gasteiger partial charge in [0, 0.05) is 21.9 Å².